The first kappa shape index (κ1) is 17.0. The molecule has 1 rings (SSSR count). The third-order valence-electron chi connectivity index (χ3n) is 2.10. The number of rotatable bonds is 7. The summed E-state index contributed by atoms with van der Waals surface area (Å²) < 4.78 is 10.5. The Balaban J connectivity index is 0.00000289. The second-order valence-electron chi connectivity index (χ2n) is 3.58. The first-order valence-corrected chi connectivity index (χ1v) is 5.48. The summed E-state index contributed by atoms with van der Waals surface area (Å²) in [6.07, 6.45) is 0.870. The number of nitrogens with two attached hydrogens (primary N) is 2. The van der Waals surface area contributed by atoms with E-state index in [1.165, 1.54) is 0 Å². The van der Waals surface area contributed by atoms with Crippen molar-refractivity contribution in [3.63, 3.8) is 0 Å². The number of guanidine groups is 1. The largest absolute Gasteiger partial charge is 0.493 e. The molecular formula is C12H20IN3O2. The fourth-order valence-corrected chi connectivity index (χ4v) is 1.31. The van der Waals surface area contributed by atoms with Crippen molar-refractivity contribution >= 4 is 29.9 Å². The standard InChI is InChI=1S/C12H19N3O2.HI/c1-16-6-3-7-17-11-5-2-4-10(8-11)9-15-12(13)14;/h2,4-5,8H,3,6-7,9H2,1H3,(H4,13,14,15);1H. The molecule has 18 heavy (non-hydrogen) atoms. The molecule has 0 aliphatic carbocycles. The number of ether oxygens (including phenoxy) is 2. The Morgan fingerprint density at radius 2 is 2.06 bits per heavy atom. The van der Waals surface area contributed by atoms with Gasteiger partial charge in [-0.25, -0.2) is 4.99 Å². The zero-order chi connectivity index (χ0) is 12.5. The van der Waals surface area contributed by atoms with E-state index in [-0.39, 0.29) is 29.9 Å². The number of methoxy groups -OCH3 is 1. The second-order valence-corrected chi connectivity index (χ2v) is 3.58. The fourth-order valence-electron chi connectivity index (χ4n) is 1.31. The van der Waals surface area contributed by atoms with Gasteiger partial charge in [-0.1, -0.05) is 12.1 Å². The maximum absolute atomic E-state index is 5.56. The van der Waals surface area contributed by atoms with Crippen LogP contribution in [0.5, 0.6) is 5.75 Å². The zero-order valence-corrected chi connectivity index (χ0v) is 12.8. The predicted molar refractivity (Wildman–Crippen MR) is 83.4 cm³/mol. The molecule has 0 unspecified atom stereocenters. The molecule has 0 saturated carbocycles. The van der Waals surface area contributed by atoms with Gasteiger partial charge in [-0.05, 0) is 17.7 Å². The van der Waals surface area contributed by atoms with Gasteiger partial charge in [-0.15, -0.1) is 24.0 Å². The van der Waals surface area contributed by atoms with Crippen molar-refractivity contribution in [2.45, 2.75) is 13.0 Å². The zero-order valence-electron chi connectivity index (χ0n) is 10.5. The third-order valence-corrected chi connectivity index (χ3v) is 2.10. The highest BCUT2D eigenvalue weighted by molar-refractivity contribution is 14.0. The van der Waals surface area contributed by atoms with Crippen LogP contribution in [-0.4, -0.2) is 26.3 Å². The number of benzene rings is 1. The van der Waals surface area contributed by atoms with Gasteiger partial charge >= 0.3 is 0 Å². The molecule has 0 bridgehead atoms. The molecule has 0 aliphatic heterocycles. The Bertz CT molecular complexity index is 368. The minimum atomic E-state index is 0. The van der Waals surface area contributed by atoms with E-state index in [0.717, 1.165) is 17.7 Å². The normalized spacial score (nSPS) is 9.39. The monoisotopic (exact) mass is 365 g/mol. The Morgan fingerprint density at radius 1 is 1.28 bits per heavy atom. The summed E-state index contributed by atoms with van der Waals surface area (Å²) in [6, 6.07) is 7.71. The summed E-state index contributed by atoms with van der Waals surface area (Å²) in [4.78, 5) is 3.94. The van der Waals surface area contributed by atoms with Crippen molar-refractivity contribution in [3.8, 4) is 5.75 Å². The van der Waals surface area contributed by atoms with Crippen molar-refractivity contribution in [3.05, 3.63) is 29.8 Å². The van der Waals surface area contributed by atoms with E-state index < -0.39 is 0 Å². The third kappa shape index (κ3) is 7.33. The maximum atomic E-state index is 5.56. The Morgan fingerprint density at radius 3 is 2.72 bits per heavy atom. The Labute approximate surface area is 125 Å². The van der Waals surface area contributed by atoms with Gasteiger partial charge in [0.05, 0.1) is 13.2 Å². The van der Waals surface area contributed by atoms with E-state index in [2.05, 4.69) is 4.99 Å². The highest BCUT2D eigenvalue weighted by atomic mass is 127. The SMILES string of the molecule is COCCCOc1cccc(CN=C(N)N)c1.I. The van der Waals surface area contributed by atoms with Crippen molar-refractivity contribution in [1.82, 2.24) is 0 Å². The average Bonchev–Trinajstić information content (AvgIpc) is 2.33. The van der Waals surface area contributed by atoms with Crippen molar-refractivity contribution in [1.29, 1.82) is 0 Å². The van der Waals surface area contributed by atoms with Crippen LogP contribution in [0.4, 0.5) is 0 Å². The topological polar surface area (TPSA) is 82.9 Å². The highest BCUT2D eigenvalue weighted by Gasteiger charge is 1.96. The summed E-state index contributed by atoms with van der Waals surface area (Å²) in [5.41, 5.74) is 11.6. The molecule has 0 saturated heterocycles. The number of aliphatic imine (C=N–C) groups is 1. The molecule has 0 radical (unpaired) electrons. The Hall–Kier alpha value is -1.02. The van der Waals surface area contributed by atoms with E-state index in [9.17, 15) is 0 Å². The minimum absolute atomic E-state index is 0. The molecule has 102 valence electrons. The quantitative estimate of drug-likeness (QED) is 0.332. The molecule has 0 aromatic heterocycles. The minimum Gasteiger partial charge on any atom is -0.493 e. The van der Waals surface area contributed by atoms with Gasteiger partial charge < -0.3 is 20.9 Å². The molecule has 0 spiro atoms. The molecule has 4 N–H and O–H groups in total. The average molecular weight is 365 g/mol. The van der Waals surface area contributed by atoms with E-state index in [1.54, 1.807) is 7.11 Å². The number of nitrogens with zero attached hydrogens (tertiary/aromatic N) is 1. The second kappa shape index (κ2) is 9.95. The van der Waals surface area contributed by atoms with Crippen LogP contribution in [-0.2, 0) is 11.3 Å². The van der Waals surface area contributed by atoms with Crippen LogP contribution in [0.25, 0.3) is 0 Å². The van der Waals surface area contributed by atoms with E-state index in [1.807, 2.05) is 24.3 Å². The number of hydrogen-bond donors (Lipinski definition) is 2. The summed E-state index contributed by atoms with van der Waals surface area (Å²) in [5.74, 6) is 0.917. The number of halogens is 1. The summed E-state index contributed by atoms with van der Waals surface area (Å²) in [5, 5.41) is 0. The van der Waals surface area contributed by atoms with E-state index in [0.29, 0.717) is 19.8 Å². The molecule has 1 aromatic rings. The summed E-state index contributed by atoms with van der Waals surface area (Å²) in [7, 11) is 1.68. The van der Waals surface area contributed by atoms with Crippen LogP contribution in [0.15, 0.2) is 29.3 Å². The lowest BCUT2D eigenvalue weighted by molar-refractivity contribution is 0.172. The first-order chi connectivity index (χ1) is 8.22. The van der Waals surface area contributed by atoms with Crippen molar-refractivity contribution < 1.29 is 9.47 Å². The first-order valence-electron chi connectivity index (χ1n) is 5.48. The van der Waals surface area contributed by atoms with Crippen LogP contribution >= 0.6 is 24.0 Å². The van der Waals surface area contributed by atoms with Gasteiger partial charge in [0.15, 0.2) is 5.96 Å². The summed E-state index contributed by atoms with van der Waals surface area (Å²) in [6.45, 7) is 1.81. The van der Waals surface area contributed by atoms with Gasteiger partial charge in [-0.2, -0.15) is 0 Å². The predicted octanol–water partition coefficient (Wildman–Crippen LogP) is 1.49. The van der Waals surface area contributed by atoms with Crippen molar-refractivity contribution in [2.24, 2.45) is 16.5 Å². The molecule has 0 heterocycles. The van der Waals surface area contributed by atoms with Crippen LogP contribution < -0.4 is 16.2 Å². The van der Waals surface area contributed by atoms with Crippen LogP contribution in [0, 0.1) is 0 Å². The van der Waals surface area contributed by atoms with Gasteiger partial charge in [0.25, 0.3) is 0 Å². The van der Waals surface area contributed by atoms with Crippen molar-refractivity contribution in [2.75, 3.05) is 20.3 Å². The van der Waals surface area contributed by atoms with Gasteiger partial charge in [0.1, 0.15) is 5.75 Å². The molecule has 6 heteroatoms. The smallest absolute Gasteiger partial charge is 0.186 e. The van der Waals surface area contributed by atoms with E-state index >= 15 is 0 Å². The highest BCUT2D eigenvalue weighted by Crippen LogP contribution is 2.14. The van der Waals surface area contributed by atoms with Crippen LogP contribution in [0.3, 0.4) is 0 Å². The van der Waals surface area contributed by atoms with E-state index in [4.69, 9.17) is 20.9 Å². The van der Waals surface area contributed by atoms with Crippen LogP contribution in [0.2, 0.25) is 0 Å². The number of hydrogen-bond acceptors (Lipinski definition) is 3. The molecule has 0 fully saturated rings. The van der Waals surface area contributed by atoms with Gasteiger partial charge in [0, 0.05) is 20.1 Å². The lowest BCUT2D eigenvalue weighted by atomic mass is 10.2. The molecule has 0 amide bonds. The van der Waals surface area contributed by atoms with Crippen LogP contribution in [0.1, 0.15) is 12.0 Å². The lowest BCUT2D eigenvalue weighted by Gasteiger charge is -2.07. The Kier molecular flexibility index (Phi) is 9.39. The molecule has 5 nitrogen and oxygen atoms in total. The van der Waals surface area contributed by atoms with Gasteiger partial charge in [0.2, 0.25) is 0 Å². The lowest BCUT2D eigenvalue weighted by Crippen LogP contribution is -2.22. The molecular weight excluding hydrogens is 345 g/mol. The molecule has 0 aliphatic rings. The molecule has 1 aromatic carbocycles. The fraction of sp³-hybridized carbons (Fsp3) is 0.417. The molecule has 0 atom stereocenters. The van der Waals surface area contributed by atoms with Gasteiger partial charge in [-0.3, -0.25) is 0 Å². The summed E-state index contributed by atoms with van der Waals surface area (Å²) >= 11 is 0. The maximum Gasteiger partial charge on any atom is 0.186 e.